The van der Waals surface area contributed by atoms with Crippen molar-refractivity contribution >= 4 is 33.3 Å². The van der Waals surface area contributed by atoms with Crippen molar-refractivity contribution in [3.63, 3.8) is 0 Å². The van der Waals surface area contributed by atoms with Gasteiger partial charge in [0, 0.05) is 27.9 Å². The standard InChI is InChI=1S/C23H26BrClO2/c1-3-15-12-19(17-8-9-17)23(13-22(15)25)27-14-20-16(6-5-7-21(20)24)10-11-18(26)4-2/h5-7,12-13,17H,3-4,8-11,14H2,1-2H3. The molecule has 2 nitrogen and oxygen atoms in total. The molecule has 0 atom stereocenters. The van der Waals surface area contributed by atoms with Crippen molar-refractivity contribution < 1.29 is 9.53 Å². The third kappa shape index (κ3) is 5.14. The lowest BCUT2D eigenvalue weighted by molar-refractivity contribution is -0.118. The quantitative estimate of drug-likeness (QED) is 0.410. The molecule has 27 heavy (non-hydrogen) atoms. The maximum atomic E-state index is 11.7. The molecule has 1 aliphatic carbocycles. The summed E-state index contributed by atoms with van der Waals surface area (Å²) in [7, 11) is 0. The fourth-order valence-corrected chi connectivity index (χ4v) is 4.14. The smallest absolute Gasteiger partial charge is 0.132 e. The molecule has 0 spiro atoms. The number of rotatable bonds is 9. The zero-order valence-corrected chi connectivity index (χ0v) is 18.3. The third-order valence-electron chi connectivity index (χ3n) is 5.23. The second-order valence-electron chi connectivity index (χ2n) is 7.17. The van der Waals surface area contributed by atoms with Gasteiger partial charge in [-0.3, -0.25) is 4.79 Å². The molecule has 0 amide bonds. The average molecular weight is 450 g/mol. The highest BCUT2D eigenvalue weighted by Crippen LogP contribution is 2.46. The molecule has 2 aromatic rings. The molecule has 0 unspecified atom stereocenters. The monoisotopic (exact) mass is 448 g/mol. The number of aryl methyl sites for hydroxylation is 2. The first-order valence-corrected chi connectivity index (χ1v) is 10.9. The van der Waals surface area contributed by atoms with Crippen molar-refractivity contribution in [1.29, 1.82) is 0 Å². The van der Waals surface area contributed by atoms with E-state index in [2.05, 4.69) is 35.0 Å². The first-order chi connectivity index (χ1) is 13.0. The number of ether oxygens (including phenoxy) is 1. The predicted molar refractivity (Wildman–Crippen MR) is 115 cm³/mol. The van der Waals surface area contributed by atoms with Crippen molar-refractivity contribution in [2.45, 2.75) is 64.9 Å². The summed E-state index contributed by atoms with van der Waals surface area (Å²) in [6.07, 6.45) is 5.28. The Bertz CT molecular complexity index is 827. The van der Waals surface area contributed by atoms with Crippen LogP contribution in [0.25, 0.3) is 0 Å². The van der Waals surface area contributed by atoms with Crippen molar-refractivity contribution in [3.05, 3.63) is 62.1 Å². The second-order valence-corrected chi connectivity index (χ2v) is 8.43. The number of carbonyl (C=O) groups excluding carboxylic acids is 1. The van der Waals surface area contributed by atoms with E-state index in [4.69, 9.17) is 16.3 Å². The van der Waals surface area contributed by atoms with Gasteiger partial charge in [-0.25, -0.2) is 0 Å². The third-order valence-corrected chi connectivity index (χ3v) is 6.33. The van der Waals surface area contributed by atoms with Crippen LogP contribution in [-0.4, -0.2) is 5.78 Å². The Morgan fingerprint density at radius 2 is 2.00 bits per heavy atom. The van der Waals surface area contributed by atoms with Crippen LogP contribution < -0.4 is 4.74 Å². The highest BCUT2D eigenvalue weighted by Gasteiger charge is 2.28. The van der Waals surface area contributed by atoms with E-state index in [1.807, 2.05) is 25.1 Å². The SMILES string of the molecule is CCC(=O)CCc1cccc(Br)c1COc1cc(Cl)c(CC)cc1C1CC1. The zero-order valence-electron chi connectivity index (χ0n) is 16.0. The molecule has 0 bridgehead atoms. The summed E-state index contributed by atoms with van der Waals surface area (Å²) < 4.78 is 7.28. The molecule has 4 heteroatoms. The molecule has 0 saturated heterocycles. The maximum Gasteiger partial charge on any atom is 0.132 e. The van der Waals surface area contributed by atoms with Gasteiger partial charge in [0.05, 0.1) is 0 Å². The van der Waals surface area contributed by atoms with E-state index < -0.39 is 0 Å². The van der Waals surface area contributed by atoms with E-state index in [1.165, 1.54) is 24.0 Å². The summed E-state index contributed by atoms with van der Waals surface area (Å²) in [4.78, 5) is 11.7. The van der Waals surface area contributed by atoms with Crippen molar-refractivity contribution in [2.75, 3.05) is 0 Å². The minimum Gasteiger partial charge on any atom is -0.489 e. The van der Waals surface area contributed by atoms with Crippen LogP contribution in [0, 0.1) is 0 Å². The van der Waals surface area contributed by atoms with Gasteiger partial charge >= 0.3 is 0 Å². The first-order valence-electron chi connectivity index (χ1n) is 9.76. The molecule has 1 aliphatic rings. The molecular formula is C23H26BrClO2. The average Bonchev–Trinajstić information content (AvgIpc) is 3.50. The molecule has 144 valence electrons. The summed E-state index contributed by atoms with van der Waals surface area (Å²) in [5.41, 5.74) is 4.74. The van der Waals surface area contributed by atoms with E-state index in [0.29, 0.717) is 31.1 Å². The molecule has 1 fully saturated rings. The second kappa shape index (κ2) is 9.25. The number of carbonyl (C=O) groups is 1. The molecule has 3 rings (SSSR count). The number of Topliss-reactive ketones (excluding diaryl/α,β-unsaturated/α-hetero) is 1. The Morgan fingerprint density at radius 3 is 2.67 bits per heavy atom. The summed E-state index contributed by atoms with van der Waals surface area (Å²) in [6, 6.07) is 10.3. The number of hydrogen-bond donors (Lipinski definition) is 0. The largest absolute Gasteiger partial charge is 0.489 e. The van der Waals surface area contributed by atoms with Crippen LogP contribution in [0.15, 0.2) is 34.8 Å². The molecule has 0 aromatic heterocycles. The molecule has 0 N–H and O–H groups in total. The van der Waals surface area contributed by atoms with Crippen molar-refractivity contribution in [3.8, 4) is 5.75 Å². The zero-order chi connectivity index (χ0) is 19.4. The van der Waals surface area contributed by atoms with Crippen molar-refractivity contribution in [1.82, 2.24) is 0 Å². The van der Waals surface area contributed by atoms with Crippen LogP contribution in [0.3, 0.4) is 0 Å². The molecule has 1 saturated carbocycles. The Balaban J connectivity index is 1.81. The van der Waals surface area contributed by atoms with Gasteiger partial charge in [0.25, 0.3) is 0 Å². The lowest BCUT2D eigenvalue weighted by atomic mass is 10.0. The molecule has 0 radical (unpaired) electrons. The summed E-state index contributed by atoms with van der Waals surface area (Å²) in [5.74, 6) is 1.79. The summed E-state index contributed by atoms with van der Waals surface area (Å²) in [5, 5.41) is 0.776. The number of hydrogen-bond acceptors (Lipinski definition) is 2. The van der Waals surface area contributed by atoms with Crippen LogP contribution in [0.4, 0.5) is 0 Å². The van der Waals surface area contributed by atoms with Crippen LogP contribution in [0.2, 0.25) is 5.02 Å². The minimum absolute atomic E-state index is 0.291. The van der Waals surface area contributed by atoms with Gasteiger partial charge in [-0.15, -0.1) is 0 Å². The fraction of sp³-hybridized carbons (Fsp3) is 0.435. The maximum absolute atomic E-state index is 11.7. The van der Waals surface area contributed by atoms with E-state index in [1.54, 1.807) is 0 Å². The topological polar surface area (TPSA) is 26.3 Å². The Hall–Kier alpha value is -1.32. The van der Waals surface area contributed by atoms with Crippen LogP contribution in [0.1, 0.15) is 67.7 Å². The number of ketones is 1. The van der Waals surface area contributed by atoms with Gasteiger partial charge in [-0.05, 0) is 60.4 Å². The molecule has 0 aliphatic heterocycles. The predicted octanol–water partition coefficient (Wildman–Crippen LogP) is 7.03. The van der Waals surface area contributed by atoms with E-state index in [0.717, 1.165) is 39.2 Å². The van der Waals surface area contributed by atoms with Gasteiger partial charge in [0.15, 0.2) is 0 Å². The van der Waals surface area contributed by atoms with Gasteiger partial charge in [-0.2, -0.15) is 0 Å². The highest BCUT2D eigenvalue weighted by molar-refractivity contribution is 9.10. The highest BCUT2D eigenvalue weighted by atomic mass is 79.9. The van der Waals surface area contributed by atoms with Gasteiger partial charge < -0.3 is 4.74 Å². The minimum atomic E-state index is 0.291. The number of halogens is 2. The molecule has 2 aromatic carbocycles. The normalized spacial score (nSPS) is 13.6. The number of benzene rings is 2. The summed E-state index contributed by atoms with van der Waals surface area (Å²) >= 11 is 10.1. The fourth-order valence-electron chi connectivity index (χ4n) is 3.33. The van der Waals surface area contributed by atoms with E-state index in [-0.39, 0.29) is 0 Å². The van der Waals surface area contributed by atoms with Crippen LogP contribution in [0.5, 0.6) is 5.75 Å². The molecule has 0 heterocycles. The Morgan fingerprint density at radius 1 is 1.22 bits per heavy atom. The molecular weight excluding hydrogens is 424 g/mol. The Labute approximate surface area is 175 Å². The summed E-state index contributed by atoms with van der Waals surface area (Å²) in [6.45, 7) is 4.51. The lowest BCUT2D eigenvalue weighted by Gasteiger charge is -2.17. The Kier molecular flexibility index (Phi) is 6.99. The van der Waals surface area contributed by atoms with E-state index in [9.17, 15) is 4.79 Å². The lowest BCUT2D eigenvalue weighted by Crippen LogP contribution is -2.05. The van der Waals surface area contributed by atoms with Gasteiger partial charge in [0.2, 0.25) is 0 Å². The van der Waals surface area contributed by atoms with Gasteiger partial charge in [0.1, 0.15) is 18.1 Å². The van der Waals surface area contributed by atoms with Crippen LogP contribution >= 0.6 is 27.5 Å². The first kappa shape index (κ1) is 20.4. The van der Waals surface area contributed by atoms with Crippen LogP contribution in [-0.2, 0) is 24.2 Å². The van der Waals surface area contributed by atoms with Gasteiger partial charge in [-0.1, -0.05) is 59.6 Å². The van der Waals surface area contributed by atoms with Crippen molar-refractivity contribution in [2.24, 2.45) is 0 Å². The van der Waals surface area contributed by atoms with E-state index >= 15 is 0 Å².